The molecule has 2 bridgehead atoms. The molecule has 6 heteroatoms. The Kier molecular flexibility index (Phi) is 4.25. The van der Waals surface area contributed by atoms with Gasteiger partial charge in [-0.1, -0.05) is 36.4 Å². The van der Waals surface area contributed by atoms with Crippen LogP contribution in [-0.4, -0.2) is 36.4 Å². The number of anilines is 1. The predicted octanol–water partition coefficient (Wildman–Crippen LogP) is 3.35. The summed E-state index contributed by atoms with van der Waals surface area (Å²) in [5, 5.41) is 0. The second-order valence-corrected chi connectivity index (χ2v) is 9.20. The van der Waals surface area contributed by atoms with Crippen molar-refractivity contribution in [3.63, 3.8) is 0 Å². The summed E-state index contributed by atoms with van der Waals surface area (Å²) >= 11 is 0. The SMILES string of the molecule is COc1cccc(C(=O)N(CN2C(=O)[C@@H]3[C@H]4C=C[C@@H]([C@@H]5C[C@H]45)[C@H]3C2=O)c2ccccc2)c1. The summed E-state index contributed by atoms with van der Waals surface area (Å²) in [6, 6.07) is 16.1. The van der Waals surface area contributed by atoms with Gasteiger partial charge in [-0.3, -0.25) is 24.2 Å². The predicted molar refractivity (Wildman–Crippen MR) is 118 cm³/mol. The molecule has 2 aromatic carbocycles. The van der Waals surface area contributed by atoms with Gasteiger partial charge in [-0.25, -0.2) is 0 Å². The van der Waals surface area contributed by atoms with Crippen molar-refractivity contribution in [2.75, 3.05) is 18.7 Å². The number of hydrogen-bond donors (Lipinski definition) is 0. The van der Waals surface area contributed by atoms with E-state index in [9.17, 15) is 14.4 Å². The summed E-state index contributed by atoms with van der Waals surface area (Å²) in [4.78, 5) is 43.3. The number of carbonyl (C=O) groups is 3. The topological polar surface area (TPSA) is 66.9 Å². The molecule has 4 aliphatic carbocycles. The Balaban J connectivity index is 1.33. The first kappa shape index (κ1) is 19.3. The Hall–Kier alpha value is -3.41. The van der Waals surface area contributed by atoms with E-state index in [0.29, 0.717) is 28.8 Å². The van der Waals surface area contributed by atoms with Crippen LogP contribution in [0, 0.1) is 35.5 Å². The molecular weight excluding hydrogens is 404 g/mol. The quantitative estimate of drug-likeness (QED) is 0.541. The third-order valence-electron chi connectivity index (χ3n) is 7.67. The molecule has 3 fully saturated rings. The van der Waals surface area contributed by atoms with E-state index < -0.39 is 0 Å². The molecule has 0 N–H and O–H groups in total. The van der Waals surface area contributed by atoms with Crippen molar-refractivity contribution in [1.29, 1.82) is 0 Å². The van der Waals surface area contributed by atoms with Crippen LogP contribution in [0.25, 0.3) is 0 Å². The molecule has 3 amide bonds. The number of nitrogens with zero attached hydrogens (tertiary/aromatic N) is 2. The van der Waals surface area contributed by atoms with Crippen molar-refractivity contribution in [3.8, 4) is 5.75 Å². The summed E-state index contributed by atoms with van der Waals surface area (Å²) in [6.07, 6.45) is 5.44. The van der Waals surface area contributed by atoms with Gasteiger partial charge in [0.1, 0.15) is 12.4 Å². The van der Waals surface area contributed by atoms with Crippen LogP contribution >= 0.6 is 0 Å². The van der Waals surface area contributed by atoms with E-state index in [1.54, 1.807) is 31.4 Å². The lowest BCUT2D eigenvalue weighted by Crippen LogP contribution is -2.45. The van der Waals surface area contributed by atoms with Crippen molar-refractivity contribution < 1.29 is 19.1 Å². The minimum Gasteiger partial charge on any atom is -0.497 e. The summed E-state index contributed by atoms with van der Waals surface area (Å²) < 4.78 is 5.27. The number of ether oxygens (including phenoxy) is 1. The fourth-order valence-corrected chi connectivity index (χ4v) is 6.08. The lowest BCUT2D eigenvalue weighted by Gasteiger charge is -2.37. The van der Waals surface area contributed by atoms with E-state index in [1.165, 1.54) is 9.80 Å². The lowest BCUT2D eigenvalue weighted by atomic mass is 9.63. The van der Waals surface area contributed by atoms with Gasteiger partial charge in [0.05, 0.1) is 18.9 Å². The number of hydrogen-bond acceptors (Lipinski definition) is 4. The fraction of sp³-hybridized carbons (Fsp3) is 0.346. The number of amides is 3. The third kappa shape index (κ3) is 2.75. The van der Waals surface area contributed by atoms with Crippen LogP contribution < -0.4 is 9.64 Å². The first-order chi connectivity index (χ1) is 15.6. The summed E-state index contributed by atoms with van der Waals surface area (Å²) in [7, 11) is 1.55. The minimum atomic E-state index is -0.283. The number of allylic oxidation sites excluding steroid dienone is 2. The molecule has 5 aliphatic rings. The van der Waals surface area contributed by atoms with E-state index in [1.807, 2.05) is 30.3 Å². The Morgan fingerprint density at radius 2 is 1.62 bits per heavy atom. The van der Waals surface area contributed by atoms with Crippen molar-refractivity contribution in [1.82, 2.24) is 4.90 Å². The molecule has 0 radical (unpaired) electrons. The molecule has 1 heterocycles. The molecule has 2 saturated carbocycles. The molecule has 6 nitrogen and oxygen atoms in total. The monoisotopic (exact) mass is 428 g/mol. The summed E-state index contributed by atoms with van der Waals surface area (Å²) in [6.45, 7) is -0.0838. The number of methoxy groups -OCH3 is 1. The van der Waals surface area contributed by atoms with E-state index in [-0.39, 0.29) is 48.1 Å². The van der Waals surface area contributed by atoms with Gasteiger partial charge < -0.3 is 4.74 Å². The van der Waals surface area contributed by atoms with Crippen LogP contribution in [0.3, 0.4) is 0 Å². The maximum absolute atomic E-state index is 13.5. The highest BCUT2D eigenvalue weighted by Crippen LogP contribution is 2.65. The van der Waals surface area contributed by atoms with Gasteiger partial charge in [-0.2, -0.15) is 0 Å². The van der Waals surface area contributed by atoms with Gasteiger partial charge in [0.25, 0.3) is 5.91 Å². The summed E-state index contributed by atoms with van der Waals surface area (Å²) in [5.74, 6) is 0.897. The Morgan fingerprint density at radius 1 is 0.969 bits per heavy atom. The second kappa shape index (κ2) is 7.05. The maximum atomic E-state index is 13.5. The van der Waals surface area contributed by atoms with Crippen LogP contribution in [0.1, 0.15) is 16.8 Å². The zero-order valence-corrected chi connectivity index (χ0v) is 17.8. The molecule has 7 rings (SSSR count). The average molecular weight is 428 g/mol. The van der Waals surface area contributed by atoms with Crippen LogP contribution in [-0.2, 0) is 9.59 Å². The molecule has 6 atom stereocenters. The highest BCUT2D eigenvalue weighted by molar-refractivity contribution is 6.10. The van der Waals surface area contributed by atoms with Gasteiger partial charge in [-0.15, -0.1) is 0 Å². The van der Waals surface area contributed by atoms with Crippen LogP contribution in [0.15, 0.2) is 66.7 Å². The Bertz CT molecular complexity index is 1110. The van der Waals surface area contributed by atoms with Crippen molar-refractivity contribution >= 4 is 23.4 Å². The molecular formula is C26H24N2O4. The first-order valence-electron chi connectivity index (χ1n) is 11.1. The highest BCUT2D eigenvalue weighted by Gasteiger charge is 2.67. The first-order valence-corrected chi connectivity index (χ1v) is 11.1. The number of likely N-dealkylation sites (tertiary alicyclic amines) is 1. The highest BCUT2D eigenvalue weighted by atomic mass is 16.5. The van der Waals surface area contributed by atoms with Gasteiger partial charge in [0.2, 0.25) is 11.8 Å². The molecule has 0 spiro atoms. The Morgan fingerprint density at radius 3 is 2.25 bits per heavy atom. The lowest BCUT2D eigenvalue weighted by molar-refractivity contribution is -0.140. The Labute approximate surface area is 186 Å². The molecule has 1 aliphatic heterocycles. The van der Waals surface area contributed by atoms with E-state index in [2.05, 4.69) is 12.2 Å². The average Bonchev–Trinajstić information content (AvgIpc) is 3.62. The molecule has 32 heavy (non-hydrogen) atoms. The van der Waals surface area contributed by atoms with Crippen LogP contribution in [0.2, 0.25) is 0 Å². The summed E-state index contributed by atoms with van der Waals surface area (Å²) in [5.41, 5.74) is 1.08. The van der Waals surface area contributed by atoms with E-state index >= 15 is 0 Å². The zero-order valence-electron chi connectivity index (χ0n) is 17.8. The van der Waals surface area contributed by atoms with Gasteiger partial charge >= 0.3 is 0 Å². The van der Waals surface area contributed by atoms with Crippen molar-refractivity contribution in [2.45, 2.75) is 6.42 Å². The van der Waals surface area contributed by atoms with E-state index in [4.69, 9.17) is 4.74 Å². The van der Waals surface area contributed by atoms with Gasteiger partial charge in [0, 0.05) is 11.3 Å². The van der Waals surface area contributed by atoms with Gasteiger partial charge in [-0.05, 0) is 60.4 Å². The number of imide groups is 1. The largest absolute Gasteiger partial charge is 0.497 e. The fourth-order valence-electron chi connectivity index (χ4n) is 6.08. The third-order valence-corrected chi connectivity index (χ3v) is 7.67. The normalized spacial score (nSPS) is 31.3. The van der Waals surface area contributed by atoms with Crippen molar-refractivity contribution in [2.24, 2.45) is 35.5 Å². The van der Waals surface area contributed by atoms with E-state index in [0.717, 1.165) is 6.42 Å². The standard InChI is InChI=1S/C26H24N2O4/c1-32-17-9-5-6-15(12-17)24(29)27(16-7-3-2-4-8-16)14-28-25(30)22-18-10-11-19(21-13-20(18)21)23(22)26(28)31/h2-12,18-23H,13-14H2,1H3/t18-,19-,20-,21+,22+,23+/m0/s1. The van der Waals surface area contributed by atoms with Crippen LogP contribution in [0.4, 0.5) is 5.69 Å². The number of para-hydroxylation sites is 1. The van der Waals surface area contributed by atoms with Gasteiger partial charge in [0.15, 0.2) is 0 Å². The van der Waals surface area contributed by atoms with Crippen LogP contribution in [0.5, 0.6) is 5.75 Å². The smallest absolute Gasteiger partial charge is 0.259 e. The maximum Gasteiger partial charge on any atom is 0.259 e. The molecule has 1 saturated heterocycles. The molecule has 2 aromatic rings. The number of carbonyl (C=O) groups excluding carboxylic acids is 3. The molecule has 0 aromatic heterocycles. The molecule has 162 valence electrons. The zero-order chi connectivity index (χ0) is 22.0. The van der Waals surface area contributed by atoms with Crippen molar-refractivity contribution in [3.05, 3.63) is 72.3 Å². The second-order valence-electron chi connectivity index (χ2n) is 9.20. The number of benzene rings is 2. The molecule has 0 unspecified atom stereocenters. The minimum absolute atomic E-state index is 0.0838. The number of rotatable bonds is 5.